The van der Waals surface area contributed by atoms with E-state index in [1.807, 2.05) is 32.6 Å². The van der Waals surface area contributed by atoms with E-state index in [1.54, 1.807) is 0 Å². The van der Waals surface area contributed by atoms with Crippen LogP contribution >= 0.6 is 0 Å². The van der Waals surface area contributed by atoms with Gasteiger partial charge in [0.15, 0.2) is 0 Å². The predicted octanol–water partition coefficient (Wildman–Crippen LogP) is 0.892. The van der Waals surface area contributed by atoms with Crippen LogP contribution in [0, 0.1) is 0 Å². The van der Waals surface area contributed by atoms with E-state index in [4.69, 9.17) is 0 Å². The molecule has 1 heterocycles. The Labute approximate surface area is 116 Å². The topological polar surface area (TPSA) is 61.4 Å². The number of nitrogens with zero attached hydrogens (tertiary/aromatic N) is 1. The lowest BCUT2D eigenvalue weighted by Gasteiger charge is -2.22. The fourth-order valence-electron chi connectivity index (χ4n) is 2.18. The van der Waals surface area contributed by atoms with E-state index in [0.29, 0.717) is 13.0 Å². The van der Waals surface area contributed by atoms with E-state index in [9.17, 15) is 9.59 Å². The quantitative estimate of drug-likeness (QED) is 0.779. The Morgan fingerprint density at radius 3 is 2.32 bits per heavy atom. The molecule has 1 saturated heterocycles. The lowest BCUT2D eigenvalue weighted by molar-refractivity contribution is -0.132. The molecule has 1 aliphatic rings. The minimum absolute atomic E-state index is 0.0146. The lowest BCUT2D eigenvalue weighted by atomic mass is 10.1. The van der Waals surface area contributed by atoms with Gasteiger partial charge in [-0.3, -0.25) is 9.59 Å². The van der Waals surface area contributed by atoms with Crippen LogP contribution in [0.25, 0.3) is 0 Å². The summed E-state index contributed by atoms with van der Waals surface area (Å²) in [5, 5.41) is 6.03. The Kier molecular flexibility index (Phi) is 5.79. The van der Waals surface area contributed by atoms with Crippen molar-refractivity contribution in [1.29, 1.82) is 0 Å². The van der Waals surface area contributed by atoms with Gasteiger partial charge in [-0.2, -0.15) is 0 Å². The molecule has 0 aromatic carbocycles. The number of likely N-dealkylation sites (tertiary alicyclic amines) is 1. The van der Waals surface area contributed by atoms with Crippen molar-refractivity contribution in [2.75, 3.05) is 19.6 Å². The van der Waals surface area contributed by atoms with Gasteiger partial charge in [0, 0.05) is 31.6 Å². The minimum Gasteiger partial charge on any atom is -0.351 e. The second kappa shape index (κ2) is 6.89. The molecule has 0 bridgehead atoms. The number of hydrogen-bond acceptors (Lipinski definition) is 3. The Bertz CT molecular complexity index is 317. The molecule has 110 valence electrons. The first kappa shape index (κ1) is 16.0. The fourth-order valence-corrected chi connectivity index (χ4v) is 2.18. The van der Waals surface area contributed by atoms with Crippen LogP contribution in [0.15, 0.2) is 0 Å². The van der Waals surface area contributed by atoms with Gasteiger partial charge in [0.05, 0.1) is 6.04 Å². The zero-order chi connectivity index (χ0) is 14.5. The molecular formula is C14H27N3O2. The van der Waals surface area contributed by atoms with Gasteiger partial charge in [-0.25, -0.2) is 0 Å². The predicted molar refractivity (Wildman–Crippen MR) is 75.8 cm³/mol. The van der Waals surface area contributed by atoms with Crippen LogP contribution in [-0.4, -0.2) is 47.9 Å². The van der Waals surface area contributed by atoms with Crippen molar-refractivity contribution in [2.45, 2.75) is 58.5 Å². The molecule has 1 aliphatic heterocycles. The average molecular weight is 269 g/mol. The molecule has 1 rings (SSSR count). The van der Waals surface area contributed by atoms with Gasteiger partial charge in [-0.15, -0.1) is 0 Å². The summed E-state index contributed by atoms with van der Waals surface area (Å²) in [6.07, 6.45) is 2.60. The standard InChI is InChI=1S/C14H27N3O2/c1-11(13(19)17-9-5-6-10-17)15-8-7-12(18)16-14(2,3)4/h11,15H,5-10H2,1-4H3,(H,16,18). The number of carbonyl (C=O) groups excluding carboxylic acids is 2. The van der Waals surface area contributed by atoms with Crippen molar-refractivity contribution in [3.63, 3.8) is 0 Å². The van der Waals surface area contributed by atoms with Crippen LogP contribution in [0.2, 0.25) is 0 Å². The Morgan fingerprint density at radius 1 is 1.21 bits per heavy atom. The summed E-state index contributed by atoms with van der Waals surface area (Å²) >= 11 is 0. The molecule has 1 fully saturated rings. The number of rotatable bonds is 5. The first-order chi connectivity index (χ1) is 8.79. The highest BCUT2D eigenvalue weighted by atomic mass is 16.2. The molecule has 2 N–H and O–H groups in total. The summed E-state index contributed by atoms with van der Waals surface area (Å²) in [6, 6.07) is -0.208. The summed E-state index contributed by atoms with van der Waals surface area (Å²) in [5.41, 5.74) is -0.200. The molecule has 1 atom stereocenters. The largest absolute Gasteiger partial charge is 0.351 e. The molecule has 0 aromatic heterocycles. The molecule has 0 spiro atoms. The van der Waals surface area contributed by atoms with Crippen LogP contribution in [-0.2, 0) is 9.59 Å². The SMILES string of the molecule is CC(NCCC(=O)NC(C)(C)C)C(=O)N1CCCC1. The number of hydrogen-bond donors (Lipinski definition) is 2. The third kappa shape index (κ3) is 6.05. The molecule has 0 aromatic rings. The van der Waals surface area contributed by atoms with Gasteiger partial charge in [0.2, 0.25) is 11.8 Å². The molecule has 5 heteroatoms. The maximum atomic E-state index is 12.0. The van der Waals surface area contributed by atoms with Gasteiger partial charge in [0.1, 0.15) is 0 Å². The zero-order valence-electron chi connectivity index (χ0n) is 12.6. The van der Waals surface area contributed by atoms with Crippen molar-refractivity contribution < 1.29 is 9.59 Å². The van der Waals surface area contributed by atoms with Crippen molar-refractivity contribution in [3.05, 3.63) is 0 Å². The summed E-state index contributed by atoms with van der Waals surface area (Å²) < 4.78 is 0. The maximum absolute atomic E-state index is 12.0. The summed E-state index contributed by atoms with van der Waals surface area (Å²) in [4.78, 5) is 25.5. The molecule has 0 saturated carbocycles. The first-order valence-electron chi connectivity index (χ1n) is 7.13. The van der Waals surface area contributed by atoms with Crippen LogP contribution in [0.1, 0.15) is 47.0 Å². The molecule has 19 heavy (non-hydrogen) atoms. The van der Waals surface area contributed by atoms with E-state index in [0.717, 1.165) is 25.9 Å². The van der Waals surface area contributed by atoms with Crippen LogP contribution in [0.4, 0.5) is 0 Å². The molecule has 5 nitrogen and oxygen atoms in total. The first-order valence-corrected chi connectivity index (χ1v) is 7.13. The lowest BCUT2D eigenvalue weighted by Crippen LogP contribution is -2.46. The second-order valence-electron chi connectivity index (χ2n) is 6.26. The van der Waals surface area contributed by atoms with E-state index in [2.05, 4.69) is 10.6 Å². The molecule has 0 radical (unpaired) electrons. The van der Waals surface area contributed by atoms with Crippen LogP contribution < -0.4 is 10.6 Å². The smallest absolute Gasteiger partial charge is 0.239 e. The van der Waals surface area contributed by atoms with Crippen molar-refractivity contribution in [3.8, 4) is 0 Å². The summed E-state index contributed by atoms with van der Waals surface area (Å²) in [6.45, 7) is 10.0. The van der Waals surface area contributed by atoms with E-state index < -0.39 is 0 Å². The van der Waals surface area contributed by atoms with Crippen molar-refractivity contribution >= 4 is 11.8 Å². The Hall–Kier alpha value is -1.10. The third-order valence-corrected chi connectivity index (χ3v) is 3.11. The molecule has 1 unspecified atom stereocenters. The van der Waals surface area contributed by atoms with E-state index in [-0.39, 0.29) is 23.4 Å². The Balaban J connectivity index is 2.21. The zero-order valence-corrected chi connectivity index (χ0v) is 12.6. The Morgan fingerprint density at radius 2 is 1.79 bits per heavy atom. The monoisotopic (exact) mass is 269 g/mol. The molecule has 2 amide bonds. The summed E-state index contributed by atoms with van der Waals surface area (Å²) in [7, 11) is 0. The molecule has 0 aliphatic carbocycles. The van der Waals surface area contributed by atoms with Crippen LogP contribution in [0.5, 0.6) is 0 Å². The highest BCUT2D eigenvalue weighted by Crippen LogP contribution is 2.08. The van der Waals surface area contributed by atoms with Crippen LogP contribution in [0.3, 0.4) is 0 Å². The number of amides is 2. The second-order valence-corrected chi connectivity index (χ2v) is 6.26. The van der Waals surface area contributed by atoms with E-state index >= 15 is 0 Å². The van der Waals surface area contributed by atoms with Crippen molar-refractivity contribution in [1.82, 2.24) is 15.5 Å². The highest BCUT2D eigenvalue weighted by molar-refractivity contribution is 5.82. The van der Waals surface area contributed by atoms with E-state index in [1.165, 1.54) is 0 Å². The van der Waals surface area contributed by atoms with Gasteiger partial charge in [-0.05, 0) is 40.5 Å². The van der Waals surface area contributed by atoms with Gasteiger partial charge < -0.3 is 15.5 Å². The third-order valence-electron chi connectivity index (χ3n) is 3.11. The highest BCUT2D eigenvalue weighted by Gasteiger charge is 2.22. The minimum atomic E-state index is -0.208. The normalized spacial score (nSPS) is 17.4. The average Bonchev–Trinajstić information content (AvgIpc) is 2.78. The van der Waals surface area contributed by atoms with Gasteiger partial charge >= 0.3 is 0 Å². The van der Waals surface area contributed by atoms with Gasteiger partial charge in [0.25, 0.3) is 0 Å². The van der Waals surface area contributed by atoms with Gasteiger partial charge in [-0.1, -0.05) is 0 Å². The molecular weight excluding hydrogens is 242 g/mol. The summed E-state index contributed by atoms with van der Waals surface area (Å²) in [5.74, 6) is 0.162. The van der Waals surface area contributed by atoms with Crippen molar-refractivity contribution in [2.24, 2.45) is 0 Å². The maximum Gasteiger partial charge on any atom is 0.239 e. The number of carbonyl (C=O) groups is 2. The fraction of sp³-hybridized carbons (Fsp3) is 0.857. The number of nitrogens with one attached hydrogen (secondary N) is 2.